The first kappa shape index (κ1) is 19.1. The molecule has 7 nitrogen and oxygen atoms in total. The molecule has 27 heavy (non-hydrogen) atoms. The van der Waals surface area contributed by atoms with Crippen LogP contribution in [0.15, 0.2) is 18.2 Å². The molecule has 1 aromatic carbocycles. The van der Waals surface area contributed by atoms with Crippen LogP contribution in [0.4, 0.5) is 0 Å². The number of aliphatic hydroxyl groups is 1. The molecule has 1 heterocycles. The van der Waals surface area contributed by atoms with Gasteiger partial charge < -0.3 is 14.6 Å². The number of aliphatic hydroxyl groups excluding tert-OH is 1. The maximum absolute atomic E-state index is 12.8. The fourth-order valence-corrected chi connectivity index (χ4v) is 3.51. The number of ketones is 1. The second kappa shape index (κ2) is 8.33. The van der Waals surface area contributed by atoms with Gasteiger partial charge in [0.15, 0.2) is 5.78 Å². The van der Waals surface area contributed by atoms with E-state index < -0.39 is 17.9 Å². The molecule has 7 heteroatoms. The minimum atomic E-state index is -0.967. The van der Waals surface area contributed by atoms with Crippen molar-refractivity contribution in [3.8, 4) is 18.1 Å². The summed E-state index contributed by atoms with van der Waals surface area (Å²) in [7, 11) is 0. The van der Waals surface area contributed by atoms with Crippen LogP contribution in [0.3, 0.4) is 0 Å². The van der Waals surface area contributed by atoms with Gasteiger partial charge in [-0.1, -0.05) is 12.0 Å². The summed E-state index contributed by atoms with van der Waals surface area (Å²) in [6.45, 7) is 0.827. The van der Waals surface area contributed by atoms with E-state index in [9.17, 15) is 19.5 Å². The van der Waals surface area contributed by atoms with Crippen molar-refractivity contribution in [2.75, 3.05) is 19.8 Å². The van der Waals surface area contributed by atoms with Crippen molar-refractivity contribution in [1.82, 2.24) is 5.32 Å². The SMILES string of the molecule is C#CCOCCOc1ccc2c(c1)C(=O)C(CC1CCC(=O)NC1=O)C2O. The van der Waals surface area contributed by atoms with Gasteiger partial charge in [0, 0.05) is 17.9 Å². The Morgan fingerprint density at radius 1 is 1.26 bits per heavy atom. The topological polar surface area (TPSA) is 102 Å². The summed E-state index contributed by atoms with van der Waals surface area (Å²) in [6, 6.07) is 4.96. The highest BCUT2D eigenvalue weighted by Gasteiger charge is 2.42. The number of Topliss-reactive ketones (excluding diaryl/α,β-unsaturated/α-hetero) is 1. The highest BCUT2D eigenvalue weighted by molar-refractivity contribution is 6.04. The number of amides is 2. The first-order valence-corrected chi connectivity index (χ1v) is 8.85. The minimum Gasteiger partial charge on any atom is -0.491 e. The van der Waals surface area contributed by atoms with Crippen molar-refractivity contribution in [2.45, 2.75) is 25.4 Å². The second-order valence-electron chi connectivity index (χ2n) is 6.65. The Kier molecular flexibility index (Phi) is 5.89. The summed E-state index contributed by atoms with van der Waals surface area (Å²) in [5, 5.41) is 12.8. The third-order valence-electron chi connectivity index (χ3n) is 4.90. The van der Waals surface area contributed by atoms with E-state index in [-0.39, 0.29) is 43.7 Å². The third-order valence-corrected chi connectivity index (χ3v) is 4.90. The predicted molar refractivity (Wildman–Crippen MR) is 94.9 cm³/mol. The number of ether oxygens (including phenoxy) is 2. The Hall–Kier alpha value is -2.69. The first-order valence-electron chi connectivity index (χ1n) is 8.85. The summed E-state index contributed by atoms with van der Waals surface area (Å²) in [6.07, 6.45) is 4.98. The van der Waals surface area contributed by atoms with Gasteiger partial charge in [-0.05, 0) is 30.5 Å². The summed E-state index contributed by atoms with van der Waals surface area (Å²) < 4.78 is 10.7. The molecule has 0 spiro atoms. The van der Waals surface area contributed by atoms with E-state index in [0.29, 0.717) is 29.9 Å². The Balaban J connectivity index is 1.64. The zero-order valence-corrected chi connectivity index (χ0v) is 14.8. The van der Waals surface area contributed by atoms with Crippen LogP contribution >= 0.6 is 0 Å². The van der Waals surface area contributed by atoms with Crippen LogP contribution in [0.2, 0.25) is 0 Å². The van der Waals surface area contributed by atoms with Gasteiger partial charge in [0.1, 0.15) is 19.0 Å². The highest BCUT2D eigenvalue weighted by Crippen LogP contribution is 2.41. The van der Waals surface area contributed by atoms with Gasteiger partial charge >= 0.3 is 0 Å². The average Bonchev–Trinajstić information content (AvgIpc) is 2.88. The lowest BCUT2D eigenvalue weighted by Crippen LogP contribution is -2.41. The molecule has 3 rings (SSSR count). The quantitative estimate of drug-likeness (QED) is 0.421. The number of nitrogens with one attached hydrogen (secondary N) is 1. The van der Waals surface area contributed by atoms with Crippen molar-refractivity contribution >= 4 is 17.6 Å². The Bertz CT molecular complexity index is 796. The monoisotopic (exact) mass is 371 g/mol. The third kappa shape index (κ3) is 4.18. The van der Waals surface area contributed by atoms with E-state index in [1.54, 1.807) is 18.2 Å². The van der Waals surface area contributed by atoms with Crippen molar-refractivity contribution < 1.29 is 29.0 Å². The van der Waals surface area contributed by atoms with Crippen LogP contribution in [-0.2, 0) is 14.3 Å². The minimum absolute atomic E-state index is 0.209. The van der Waals surface area contributed by atoms with Crippen molar-refractivity contribution in [1.29, 1.82) is 0 Å². The highest BCUT2D eigenvalue weighted by atomic mass is 16.5. The predicted octanol–water partition coefficient (Wildman–Crippen LogP) is 1.00. The van der Waals surface area contributed by atoms with E-state index in [2.05, 4.69) is 11.2 Å². The Labute approximate surface area is 157 Å². The molecule has 142 valence electrons. The van der Waals surface area contributed by atoms with Crippen LogP contribution in [0.25, 0.3) is 0 Å². The molecule has 0 aromatic heterocycles. The molecule has 2 amide bonds. The molecule has 1 saturated heterocycles. The molecule has 0 radical (unpaired) electrons. The number of rotatable bonds is 7. The molecule has 2 N–H and O–H groups in total. The fraction of sp³-hybridized carbons (Fsp3) is 0.450. The van der Waals surface area contributed by atoms with Crippen molar-refractivity contribution in [3.05, 3.63) is 29.3 Å². The number of hydrogen-bond donors (Lipinski definition) is 2. The molecular formula is C20H21NO6. The standard InChI is InChI=1S/C20H21NO6/c1-2-7-26-8-9-27-13-4-5-14-15(11-13)19(24)16(18(14)23)10-12-3-6-17(22)21-20(12)25/h1,4-5,11-12,16,18,23H,3,6-10H2,(H,21,22,25). The second-order valence-corrected chi connectivity index (χ2v) is 6.65. The Morgan fingerprint density at radius 2 is 2.07 bits per heavy atom. The molecule has 3 atom stereocenters. The van der Waals surface area contributed by atoms with E-state index in [1.165, 1.54) is 0 Å². The van der Waals surface area contributed by atoms with Crippen LogP contribution in [0.5, 0.6) is 5.75 Å². The lowest BCUT2D eigenvalue weighted by Gasteiger charge is -2.24. The molecule has 0 bridgehead atoms. The number of carbonyl (C=O) groups is 3. The van der Waals surface area contributed by atoms with Crippen LogP contribution in [-0.4, -0.2) is 42.5 Å². The maximum atomic E-state index is 12.8. The van der Waals surface area contributed by atoms with Gasteiger partial charge in [-0.2, -0.15) is 0 Å². The fourth-order valence-electron chi connectivity index (χ4n) is 3.51. The van der Waals surface area contributed by atoms with E-state index in [1.807, 2.05) is 0 Å². The number of benzene rings is 1. The maximum Gasteiger partial charge on any atom is 0.229 e. The van der Waals surface area contributed by atoms with Crippen molar-refractivity contribution in [3.63, 3.8) is 0 Å². The molecule has 3 unspecified atom stereocenters. The summed E-state index contributed by atoms with van der Waals surface area (Å²) in [5.41, 5.74) is 0.940. The van der Waals surface area contributed by atoms with Crippen LogP contribution < -0.4 is 10.1 Å². The molecule has 1 aliphatic heterocycles. The Morgan fingerprint density at radius 3 is 2.81 bits per heavy atom. The van der Waals surface area contributed by atoms with Gasteiger partial charge in [0.2, 0.25) is 11.8 Å². The van der Waals surface area contributed by atoms with Crippen LogP contribution in [0.1, 0.15) is 41.3 Å². The van der Waals surface area contributed by atoms with E-state index >= 15 is 0 Å². The first-order chi connectivity index (χ1) is 13.0. The molecule has 1 aromatic rings. The molecule has 1 aliphatic carbocycles. The van der Waals surface area contributed by atoms with Gasteiger partial charge in [-0.15, -0.1) is 6.42 Å². The molecule has 1 fully saturated rings. The zero-order chi connectivity index (χ0) is 19.4. The largest absolute Gasteiger partial charge is 0.491 e. The summed E-state index contributed by atoms with van der Waals surface area (Å²) in [5.74, 6) is 0.819. The number of fused-ring (bicyclic) bond motifs is 1. The molecule has 2 aliphatic rings. The van der Waals surface area contributed by atoms with Gasteiger partial charge in [-0.3, -0.25) is 19.7 Å². The lowest BCUT2D eigenvalue weighted by atomic mass is 9.85. The van der Waals surface area contributed by atoms with Gasteiger partial charge in [0.25, 0.3) is 0 Å². The molecular weight excluding hydrogens is 350 g/mol. The van der Waals surface area contributed by atoms with E-state index in [4.69, 9.17) is 15.9 Å². The number of hydrogen-bond acceptors (Lipinski definition) is 6. The lowest BCUT2D eigenvalue weighted by molar-refractivity contribution is -0.136. The summed E-state index contributed by atoms with van der Waals surface area (Å²) >= 11 is 0. The van der Waals surface area contributed by atoms with Gasteiger partial charge in [-0.25, -0.2) is 0 Å². The number of carbonyl (C=O) groups excluding carboxylic acids is 3. The molecule has 0 saturated carbocycles. The van der Waals surface area contributed by atoms with Crippen molar-refractivity contribution in [2.24, 2.45) is 11.8 Å². The van der Waals surface area contributed by atoms with E-state index in [0.717, 1.165) is 0 Å². The number of piperidine rings is 1. The number of imide groups is 1. The van der Waals surface area contributed by atoms with Gasteiger partial charge in [0.05, 0.1) is 18.6 Å². The summed E-state index contributed by atoms with van der Waals surface area (Å²) in [4.78, 5) is 36.0. The normalized spacial score (nSPS) is 24.3. The zero-order valence-electron chi connectivity index (χ0n) is 14.8. The average molecular weight is 371 g/mol. The van der Waals surface area contributed by atoms with Crippen LogP contribution in [0, 0.1) is 24.2 Å². The number of terminal acetylenes is 1. The smallest absolute Gasteiger partial charge is 0.229 e.